The molecule has 0 spiro atoms. The molecule has 5 aliphatic rings. The minimum absolute atomic E-state index is 0.0745. The van der Waals surface area contributed by atoms with Crippen LogP contribution in [0, 0.1) is 56.2 Å². The Balaban J connectivity index is 1.35. The van der Waals surface area contributed by atoms with Gasteiger partial charge in [0.2, 0.25) is 0 Å². The summed E-state index contributed by atoms with van der Waals surface area (Å²) >= 11 is 0. The number of nitrogens with one attached hydrogen (secondary N) is 1. The molecule has 41 heavy (non-hydrogen) atoms. The maximum absolute atomic E-state index is 12.9. The van der Waals surface area contributed by atoms with Crippen LogP contribution in [0.15, 0.2) is 0 Å². The van der Waals surface area contributed by atoms with Gasteiger partial charge in [-0.25, -0.2) is 0 Å². The molecule has 0 heterocycles. The van der Waals surface area contributed by atoms with Gasteiger partial charge in [0.15, 0.2) is 0 Å². The van der Waals surface area contributed by atoms with Crippen LogP contribution in [-0.4, -0.2) is 36.7 Å². The van der Waals surface area contributed by atoms with E-state index >= 15 is 0 Å². The summed E-state index contributed by atoms with van der Waals surface area (Å²) < 4.78 is 6.15. The molecule has 5 nitrogen and oxygen atoms in total. The Bertz CT molecular complexity index is 1020. The van der Waals surface area contributed by atoms with E-state index in [1.807, 2.05) is 0 Å². The molecular weight excluding hydrogens is 510 g/mol. The topological polar surface area (TPSA) is 75.6 Å². The van der Waals surface area contributed by atoms with Crippen molar-refractivity contribution in [3.63, 3.8) is 0 Å². The van der Waals surface area contributed by atoms with Gasteiger partial charge >= 0.3 is 11.9 Å². The summed E-state index contributed by atoms with van der Waals surface area (Å²) in [5.41, 5.74) is 0.424. The highest BCUT2D eigenvalue weighted by Crippen LogP contribution is 2.77. The maximum Gasteiger partial charge on any atom is 0.309 e. The van der Waals surface area contributed by atoms with Crippen molar-refractivity contribution >= 4 is 11.9 Å². The first-order valence-corrected chi connectivity index (χ1v) is 17.1. The predicted octanol–water partition coefficient (Wildman–Crippen LogP) is 8.25. The lowest BCUT2D eigenvalue weighted by Gasteiger charge is -2.72. The maximum atomic E-state index is 12.9. The lowest BCUT2D eigenvalue weighted by Crippen LogP contribution is -2.66. The average Bonchev–Trinajstić information content (AvgIpc) is 3.30. The van der Waals surface area contributed by atoms with E-state index in [1.54, 1.807) is 13.8 Å². The van der Waals surface area contributed by atoms with Crippen molar-refractivity contribution in [1.29, 1.82) is 0 Å². The molecule has 0 aromatic heterocycles. The number of fused-ring (bicyclic) bond motifs is 7. The van der Waals surface area contributed by atoms with E-state index in [9.17, 15) is 14.7 Å². The highest BCUT2D eigenvalue weighted by Gasteiger charge is 2.70. The van der Waals surface area contributed by atoms with Gasteiger partial charge in [0.05, 0.1) is 11.8 Å². The molecule has 0 saturated heterocycles. The summed E-state index contributed by atoms with van der Waals surface area (Å²) in [5, 5.41) is 12.9. The van der Waals surface area contributed by atoms with Gasteiger partial charge in [-0.2, -0.15) is 0 Å². The molecule has 0 bridgehead atoms. The summed E-state index contributed by atoms with van der Waals surface area (Å²) in [6, 6.07) is 0. The largest absolute Gasteiger partial charge is 0.481 e. The number of carboxylic acid groups (broad SMARTS) is 1. The second kappa shape index (κ2) is 10.5. The van der Waals surface area contributed by atoms with Gasteiger partial charge in [0.25, 0.3) is 0 Å². The number of rotatable bonds is 8. The van der Waals surface area contributed by atoms with Crippen molar-refractivity contribution in [2.24, 2.45) is 56.2 Å². The minimum atomic E-state index is -1.10. The summed E-state index contributed by atoms with van der Waals surface area (Å²) in [5.74, 6) is 1.72. The summed E-state index contributed by atoms with van der Waals surface area (Å²) in [4.78, 5) is 24.6. The summed E-state index contributed by atoms with van der Waals surface area (Å²) in [6.07, 6.45) is 17.0. The fourth-order valence-electron chi connectivity index (χ4n) is 12.6. The normalized spacial score (nSPS) is 45.1. The van der Waals surface area contributed by atoms with E-state index in [2.05, 4.69) is 47.0 Å². The zero-order valence-electron chi connectivity index (χ0n) is 27.7. The second-order valence-corrected chi connectivity index (χ2v) is 17.4. The highest BCUT2D eigenvalue weighted by atomic mass is 16.5. The third-order valence-corrected chi connectivity index (χ3v) is 15.0. The van der Waals surface area contributed by atoms with Gasteiger partial charge in [-0.1, -0.05) is 41.0 Å². The molecule has 2 N–H and O–H groups in total. The van der Waals surface area contributed by atoms with E-state index in [1.165, 1.54) is 70.6 Å². The van der Waals surface area contributed by atoms with Crippen molar-refractivity contribution < 1.29 is 19.4 Å². The molecule has 5 rings (SSSR count). The van der Waals surface area contributed by atoms with Crippen LogP contribution < -0.4 is 5.32 Å². The lowest BCUT2D eigenvalue weighted by atomic mass is 9.32. The highest BCUT2D eigenvalue weighted by molar-refractivity contribution is 5.81. The van der Waals surface area contributed by atoms with Gasteiger partial charge in [-0.15, -0.1) is 0 Å². The molecule has 5 heteroatoms. The third kappa shape index (κ3) is 4.72. The van der Waals surface area contributed by atoms with Gasteiger partial charge in [0, 0.05) is 5.41 Å². The fourth-order valence-corrected chi connectivity index (χ4v) is 12.6. The van der Waals surface area contributed by atoms with E-state index < -0.39 is 11.4 Å². The van der Waals surface area contributed by atoms with Crippen molar-refractivity contribution in [3.8, 4) is 0 Å². The van der Waals surface area contributed by atoms with Crippen LogP contribution in [0.1, 0.15) is 138 Å². The van der Waals surface area contributed by atoms with Crippen LogP contribution >= 0.6 is 0 Å². The van der Waals surface area contributed by atoms with Crippen LogP contribution in [0.4, 0.5) is 0 Å². The quantitative estimate of drug-likeness (QED) is 0.227. The molecule has 0 radical (unpaired) electrons. The second-order valence-electron chi connectivity index (χ2n) is 17.4. The number of carbonyl (C=O) groups is 2. The Morgan fingerprint density at radius 1 is 0.854 bits per heavy atom. The number of aliphatic carboxylic acids is 1. The molecule has 0 aliphatic heterocycles. The van der Waals surface area contributed by atoms with Gasteiger partial charge in [0.1, 0.15) is 6.10 Å². The van der Waals surface area contributed by atoms with Gasteiger partial charge < -0.3 is 15.2 Å². The van der Waals surface area contributed by atoms with Crippen LogP contribution in [0.25, 0.3) is 0 Å². The molecule has 234 valence electrons. The van der Waals surface area contributed by atoms with Crippen molar-refractivity contribution in [2.75, 3.05) is 13.6 Å². The molecule has 0 aromatic carbocycles. The van der Waals surface area contributed by atoms with Gasteiger partial charge in [-0.05, 0) is 150 Å². The van der Waals surface area contributed by atoms with Crippen LogP contribution in [-0.2, 0) is 14.3 Å². The third-order valence-electron chi connectivity index (χ3n) is 15.0. The van der Waals surface area contributed by atoms with Crippen LogP contribution in [0.5, 0.6) is 0 Å². The molecule has 2 unspecified atom stereocenters. The summed E-state index contributed by atoms with van der Waals surface area (Å²) in [7, 11) is 2.10. The number of hydrogen-bond donors (Lipinski definition) is 2. The van der Waals surface area contributed by atoms with E-state index in [4.69, 9.17) is 4.74 Å². The molecule has 0 amide bonds. The number of ether oxygens (including phenoxy) is 1. The minimum Gasteiger partial charge on any atom is -0.481 e. The number of hydrogen-bond acceptors (Lipinski definition) is 4. The molecule has 9 atom stereocenters. The van der Waals surface area contributed by atoms with Crippen molar-refractivity contribution in [3.05, 3.63) is 0 Å². The average molecular weight is 572 g/mol. The number of carbonyl (C=O) groups excluding carboxylic acids is 1. The first-order chi connectivity index (χ1) is 19.1. The molecule has 5 saturated carbocycles. The predicted molar refractivity (Wildman–Crippen MR) is 164 cm³/mol. The fraction of sp³-hybridized carbons (Fsp3) is 0.944. The van der Waals surface area contributed by atoms with Gasteiger partial charge in [-0.3, -0.25) is 9.59 Å². The zero-order valence-corrected chi connectivity index (χ0v) is 27.7. The molecular formula is C36H61NO4. The molecule has 5 aliphatic carbocycles. The Morgan fingerprint density at radius 3 is 2.27 bits per heavy atom. The molecule has 0 aromatic rings. The monoisotopic (exact) mass is 571 g/mol. The first kappa shape index (κ1) is 31.3. The molecule has 5 fully saturated rings. The number of carboxylic acids is 1. The Labute approximate surface area is 250 Å². The van der Waals surface area contributed by atoms with Crippen molar-refractivity contribution in [1.82, 2.24) is 5.32 Å². The zero-order chi connectivity index (χ0) is 30.1. The smallest absolute Gasteiger partial charge is 0.309 e. The van der Waals surface area contributed by atoms with Crippen LogP contribution in [0.3, 0.4) is 0 Å². The lowest BCUT2D eigenvalue weighted by molar-refractivity contribution is -0.249. The Hall–Kier alpha value is -1.10. The van der Waals surface area contributed by atoms with Crippen molar-refractivity contribution in [2.45, 2.75) is 144 Å². The number of esters is 1. The standard InChI is InChI=1S/C36H61NO4/c1-31(2,30(39)40)23-29(38)41-28-15-18-33(5)26(32(28,3)4)14-19-35(7)27(33)13-12-24-25-11-9-16-36(25,17-10-22-37-8)21-20-34(24,35)6/h24-28,37H,9-23H2,1-8H3,(H,39,40)/t24-,25-,26?,27?,28+,33+,34-,35-,36+/m1/s1. The van der Waals surface area contributed by atoms with E-state index in [0.717, 1.165) is 37.1 Å². The SMILES string of the molecule is CNCCC[C@]12CCC[C@@H]1[C@H]1CCC3[C@@]4(C)CC[C@H](OC(=O)CC(C)(C)C(=O)O)C(C)(C)C4CC[C@@]3(C)[C@]1(C)CC2. The first-order valence-electron chi connectivity index (χ1n) is 17.1. The summed E-state index contributed by atoms with van der Waals surface area (Å²) in [6.45, 7) is 17.1. The Morgan fingerprint density at radius 2 is 1.59 bits per heavy atom. The Kier molecular flexibility index (Phi) is 8.03. The van der Waals surface area contributed by atoms with E-state index in [0.29, 0.717) is 22.2 Å². The van der Waals surface area contributed by atoms with Crippen LogP contribution in [0.2, 0.25) is 0 Å². The van der Waals surface area contributed by atoms with E-state index in [-0.39, 0.29) is 29.3 Å².